The van der Waals surface area contributed by atoms with E-state index in [0.29, 0.717) is 16.1 Å². The zero-order chi connectivity index (χ0) is 15.0. The van der Waals surface area contributed by atoms with Crippen molar-refractivity contribution in [1.82, 2.24) is 0 Å². The highest BCUT2D eigenvalue weighted by atomic mass is 35.5. The first-order chi connectivity index (χ1) is 9.31. The van der Waals surface area contributed by atoms with Crippen LogP contribution in [0.3, 0.4) is 0 Å². The van der Waals surface area contributed by atoms with Gasteiger partial charge in [-0.25, -0.2) is 8.78 Å². The molecule has 0 saturated heterocycles. The lowest BCUT2D eigenvalue weighted by Crippen LogP contribution is -1.97. The van der Waals surface area contributed by atoms with E-state index >= 15 is 0 Å². The molecule has 0 aliphatic rings. The smallest absolute Gasteiger partial charge is 0.129 e. The summed E-state index contributed by atoms with van der Waals surface area (Å²) in [7, 11) is 0. The lowest BCUT2D eigenvalue weighted by Gasteiger charge is -2.11. The first kappa shape index (κ1) is 15.8. The van der Waals surface area contributed by atoms with Crippen molar-refractivity contribution in [3.63, 3.8) is 0 Å². The Balaban J connectivity index is 2.48. The SMILES string of the molecule is Cc1c(F)cc(Cc2c(Cl)cc(Cl)c(Cl)c2Cl)cc1F. The average Bonchev–Trinajstić information content (AvgIpc) is 2.38. The van der Waals surface area contributed by atoms with Crippen molar-refractivity contribution >= 4 is 46.4 Å². The molecule has 0 saturated carbocycles. The van der Waals surface area contributed by atoms with Crippen LogP contribution in [0.15, 0.2) is 18.2 Å². The lowest BCUT2D eigenvalue weighted by atomic mass is 10.0. The lowest BCUT2D eigenvalue weighted by molar-refractivity contribution is 0.565. The van der Waals surface area contributed by atoms with Crippen molar-refractivity contribution in [2.45, 2.75) is 13.3 Å². The molecule has 0 radical (unpaired) electrons. The normalized spacial score (nSPS) is 10.9. The van der Waals surface area contributed by atoms with Crippen LogP contribution in [0.2, 0.25) is 20.1 Å². The topological polar surface area (TPSA) is 0 Å². The Morgan fingerprint density at radius 3 is 1.95 bits per heavy atom. The van der Waals surface area contributed by atoms with Crippen LogP contribution in [0.4, 0.5) is 8.78 Å². The number of halogens is 6. The van der Waals surface area contributed by atoms with Crippen LogP contribution < -0.4 is 0 Å². The molecule has 0 bridgehead atoms. The summed E-state index contributed by atoms with van der Waals surface area (Å²) < 4.78 is 27.1. The summed E-state index contributed by atoms with van der Waals surface area (Å²) in [4.78, 5) is 0. The van der Waals surface area contributed by atoms with Crippen LogP contribution in [0.25, 0.3) is 0 Å². The highest BCUT2D eigenvalue weighted by Gasteiger charge is 2.15. The summed E-state index contributed by atoms with van der Waals surface area (Å²) in [5.74, 6) is -1.24. The molecular weight excluding hydrogens is 348 g/mol. The van der Waals surface area contributed by atoms with Crippen molar-refractivity contribution in [2.75, 3.05) is 0 Å². The molecule has 2 aromatic carbocycles. The maximum atomic E-state index is 13.5. The minimum Gasteiger partial charge on any atom is -0.207 e. The molecule has 20 heavy (non-hydrogen) atoms. The van der Waals surface area contributed by atoms with Crippen LogP contribution in [0.5, 0.6) is 0 Å². The largest absolute Gasteiger partial charge is 0.207 e. The summed E-state index contributed by atoms with van der Waals surface area (Å²) >= 11 is 23.9. The Kier molecular flexibility index (Phi) is 4.80. The molecule has 0 fully saturated rings. The third-order valence-corrected chi connectivity index (χ3v) is 4.57. The molecule has 6 heteroatoms. The summed E-state index contributed by atoms with van der Waals surface area (Å²) in [5, 5.41) is 0.879. The minimum atomic E-state index is -0.618. The van der Waals surface area contributed by atoms with Crippen LogP contribution in [0, 0.1) is 18.6 Å². The first-order valence-electron chi connectivity index (χ1n) is 5.57. The van der Waals surface area contributed by atoms with Gasteiger partial charge in [0.25, 0.3) is 0 Å². The molecular formula is C14H8Cl4F2. The molecule has 0 aromatic heterocycles. The first-order valence-corrected chi connectivity index (χ1v) is 7.08. The molecule has 0 unspecified atom stereocenters. The number of benzene rings is 2. The third-order valence-electron chi connectivity index (χ3n) is 2.93. The van der Waals surface area contributed by atoms with E-state index in [9.17, 15) is 8.78 Å². The molecule has 2 aromatic rings. The Bertz CT molecular complexity index is 660. The maximum absolute atomic E-state index is 13.5. The van der Waals surface area contributed by atoms with E-state index in [1.165, 1.54) is 25.1 Å². The van der Waals surface area contributed by atoms with Crippen LogP contribution in [0.1, 0.15) is 16.7 Å². The predicted octanol–water partition coefficient (Wildman–Crippen LogP) is 6.48. The number of rotatable bonds is 2. The highest BCUT2D eigenvalue weighted by molar-refractivity contribution is 6.49. The van der Waals surface area contributed by atoms with E-state index in [-0.39, 0.29) is 27.1 Å². The van der Waals surface area contributed by atoms with Gasteiger partial charge in [-0.1, -0.05) is 46.4 Å². The summed E-state index contributed by atoms with van der Waals surface area (Å²) in [6, 6.07) is 3.94. The van der Waals surface area contributed by atoms with Crippen molar-refractivity contribution < 1.29 is 8.78 Å². The summed E-state index contributed by atoms with van der Waals surface area (Å²) in [6.07, 6.45) is 0.155. The fraction of sp³-hybridized carbons (Fsp3) is 0.143. The van der Waals surface area contributed by atoms with Gasteiger partial charge in [-0.05, 0) is 36.2 Å². The quantitative estimate of drug-likeness (QED) is 0.427. The Morgan fingerprint density at radius 2 is 1.40 bits per heavy atom. The second-order valence-electron chi connectivity index (χ2n) is 4.31. The Morgan fingerprint density at radius 1 is 0.850 bits per heavy atom. The van der Waals surface area contributed by atoms with E-state index in [4.69, 9.17) is 46.4 Å². The van der Waals surface area contributed by atoms with Gasteiger partial charge >= 0.3 is 0 Å². The molecule has 0 heterocycles. The van der Waals surface area contributed by atoms with Crippen molar-refractivity contribution in [1.29, 1.82) is 0 Å². The molecule has 0 spiro atoms. The van der Waals surface area contributed by atoms with Crippen molar-refractivity contribution in [2.24, 2.45) is 0 Å². The van der Waals surface area contributed by atoms with Gasteiger partial charge in [0.2, 0.25) is 0 Å². The molecule has 0 aliphatic carbocycles. The molecule has 0 atom stereocenters. The van der Waals surface area contributed by atoms with Gasteiger partial charge in [0.05, 0.1) is 15.1 Å². The minimum absolute atomic E-state index is 0.0277. The second kappa shape index (κ2) is 6.07. The molecule has 0 aliphatic heterocycles. The van der Waals surface area contributed by atoms with E-state index in [0.717, 1.165) is 0 Å². The molecule has 0 N–H and O–H groups in total. The zero-order valence-electron chi connectivity index (χ0n) is 10.2. The van der Waals surface area contributed by atoms with E-state index in [1.54, 1.807) is 0 Å². The van der Waals surface area contributed by atoms with Gasteiger partial charge < -0.3 is 0 Å². The second-order valence-corrected chi connectivity index (χ2v) is 5.88. The average molecular weight is 356 g/mol. The zero-order valence-corrected chi connectivity index (χ0v) is 13.2. The Hall–Kier alpha value is -0.540. The standard InChI is InChI=1S/C14H8Cl4F2/c1-6-11(19)3-7(4-12(6)20)2-8-9(15)5-10(16)14(18)13(8)17/h3-5H,2H2,1H3. The van der Waals surface area contributed by atoms with Crippen molar-refractivity contribution in [3.05, 3.63) is 66.6 Å². The van der Waals surface area contributed by atoms with Gasteiger partial charge in [-0.15, -0.1) is 0 Å². The molecule has 106 valence electrons. The molecule has 2 rings (SSSR count). The Labute approximate surface area is 135 Å². The van der Waals surface area contributed by atoms with Crippen LogP contribution in [-0.4, -0.2) is 0 Å². The fourth-order valence-corrected chi connectivity index (χ4v) is 2.84. The van der Waals surface area contributed by atoms with Gasteiger partial charge in [-0.3, -0.25) is 0 Å². The summed E-state index contributed by atoms with van der Waals surface area (Å²) in [5.41, 5.74) is 0.859. The van der Waals surface area contributed by atoms with E-state index < -0.39 is 11.6 Å². The molecule has 0 nitrogen and oxygen atoms in total. The maximum Gasteiger partial charge on any atom is 0.129 e. The fourth-order valence-electron chi connectivity index (χ4n) is 1.77. The van der Waals surface area contributed by atoms with Crippen LogP contribution >= 0.6 is 46.4 Å². The predicted molar refractivity (Wildman–Crippen MR) is 80.4 cm³/mol. The summed E-state index contributed by atoms with van der Waals surface area (Å²) in [6.45, 7) is 1.37. The highest BCUT2D eigenvalue weighted by Crippen LogP contribution is 2.38. The van der Waals surface area contributed by atoms with Gasteiger partial charge in [0, 0.05) is 17.0 Å². The molecule has 0 amide bonds. The van der Waals surface area contributed by atoms with Crippen LogP contribution in [-0.2, 0) is 6.42 Å². The monoisotopic (exact) mass is 354 g/mol. The van der Waals surface area contributed by atoms with E-state index in [2.05, 4.69) is 0 Å². The van der Waals surface area contributed by atoms with Gasteiger partial charge in [-0.2, -0.15) is 0 Å². The third kappa shape index (κ3) is 3.04. The van der Waals surface area contributed by atoms with E-state index in [1.807, 2.05) is 0 Å². The number of hydrogen-bond donors (Lipinski definition) is 0. The van der Waals surface area contributed by atoms with Gasteiger partial charge in [0.15, 0.2) is 0 Å². The van der Waals surface area contributed by atoms with Gasteiger partial charge in [0.1, 0.15) is 11.6 Å². The number of hydrogen-bond acceptors (Lipinski definition) is 0. The van der Waals surface area contributed by atoms with Crippen molar-refractivity contribution in [3.8, 4) is 0 Å².